The molecule has 2 aliphatic heterocycles. The second-order valence-electron chi connectivity index (χ2n) is 7.36. The van der Waals surface area contributed by atoms with Crippen LogP contribution in [-0.4, -0.2) is 53.5 Å². The van der Waals surface area contributed by atoms with E-state index >= 15 is 0 Å². The maximum atomic E-state index is 14.1. The van der Waals surface area contributed by atoms with Crippen molar-refractivity contribution in [2.45, 2.75) is 25.4 Å². The Hall–Kier alpha value is -2.54. The first-order valence-electron chi connectivity index (χ1n) is 9.36. The Kier molecular flexibility index (Phi) is 4.78. The molecule has 1 aromatic heterocycles. The SMILES string of the molecule is CNC(=O)[C@@]12CCCN(c3ncccn3)[C@@H]1CN(Cc1ccccc1F)C2. The number of halogens is 1. The largest absolute Gasteiger partial charge is 0.359 e. The average Bonchev–Trinajstić information content (AvgIpc) is 3.09. The number of piperidine rings is 1. The highest BCUT2D eigenvalue weighted by molar-refractivity contribution is 5.85. The Morgan fingerprint density at radius 2 is 2.07 bits per heavy atom. The predicted molar refractivity (Wildman–Crippen MR) is 101 cm³/mol. The number of nitrogens with one attached hydrogen (secondary N) is 1. The fourth-order valence-electron chi connectivity index (χ4n) is 4.60. The average molecular weight is 369 g/mol. The summed E-state index contributed by atoms with van der Waals surface area (Å²) >= 11 is 0. The van der Waals surface area contributed by atoms with E-state index in [1.54, 1.807) is 31.6 Å². The molecule has 3 heterocycles. The maximum absolute atomic E-state index is 14.1. The van der Waals surface area contributed by atoms with Crippen LogP contribution in [0.25, 0.3) is 0 Å². The molecule has 2 saturated heterocycles. The lowest BCUT2D eigenvalue weighted by atomic mass is 9.74. The van der Waals surface area contributed by atoms with Crippen molar-refractivity contribution in [2.24, 2.45) is 5.41 Å². The Morgan fingerprint density at radius 1 is 1.30 bits per heavy atom. The van der Waals surface area contributed by atoms with Gasteiger partial charge in [0.1, 0.15) is 5.82 Å². The van der Waals surface area contributed by atoms with Crippen molar-refractivity contribution in [3.05, 3.63) is 54.1 Å². The van der Waals surface area contributed by atoms with Crippen LogP contribution in [0.1, 0.15) is 18.4 Å². The molecule has 0 saturated carbocycles. The lowest BCUT2D eigenvalue weighted by Gasteiger charge is -2.44. The number of anilines is 1. The van der Waals surface area contributed by atoms with Gasteiger partial charge in [-0.15, -0.1) is 0 Å². The van der Waals surface area contributed by atoms with Crippen LogP contribution in [-0.2, 0) is 11.3 Å². The summed E-state index contributed by atoms with van der Waals surface area (Å²) in [5.74, 6) is 0.497. The molecule has 27 heavy (non-hydrogen) atoms. The molecule has 0 spiro atoms. The molecule has 0 radical (unpaired) electrons. The third-order valence-electron chi connectivity index (χ3n) is 5.81. The van der Waals surface area contributed by atoms with Gasteiger partial charge in [-0.1, -0.05) is 18.2 Å². The van der Waals surface area contributed by atoms with Gasteiger partial charge in [0.05, 0.1) is 11.5 Å². The van der Waals surface area contributed by atoms with Crippen LogP contribution in [0.2, 0.25) is 0 Å². The van der Waals surface area contributed by atoms with Crippen molar-refractivity contribution < 1.29 is 9.18 Å². The van der Waals surface area contributed by atoms with E-state index in [9.17, 15) is 9.18 Å². The second-order valence-corrected chi connectivity index (χ2v) is 7.36. The molecular formula is C20H24FN5O. The normalized spacial score (nSPS) is 25.3. The van der Waals surface area contributed by atoms with Crippen molar-refractivity contribution in [1.29, 1.82) is 0 Å². The Morgan fingerprint density at radius 3 is 2.81 bits per heavy atom. The van der Waals surface area contributed by atoms with Gasteiger partial charge in [0.15, 0.2) is 0 Å². The second kappa shape index (κ2) is 7.23. The van der Waals surface area contributed by atoms with Gasteiger partial charge in [-0.2, -0.15) is 0 Å². The molecule has 2 aromatic rings. The van der Waals surface area contributed by atoms with Gasteiger partial charge in [-0.3, -0.25) is 9.69 Å². The van der Waals surface area contributed by atoms with Crippen LogP contribution in [0.3, 0.4) is 0 Å². The van der Waals surface area contributed by atoms with Crippen LogP contribution in [0.5, 0.6) is 0 Å². The molecule has 1 amide bonds. The molecule has 1 N–H and O–H groups in total. The number of likely N-dealkylation sites (tertiary alicyclic amines) is 1. The molecule has 0 bridgehead atoms. The first-order valence-corrected chi connectivity index (χ1v) is 9.36. The van der Waals surface area contributed by atoms with E-state index in [2.05, 4.69) is 25.1 Å². The lowest BCUT2D eigenvalue weighted by Crippen LogP contribution is -2.58. The van der Waals surface area contributed by atoms with Gasteiger partial charge in [0, 0.05) is 51.2 Å². The van der Waals surface area contributed by atoms with Crippen molar-refractivity contribution in [2.75, 3.05) is 31.6 Å². The van der Waals surface area contributed by atoms with Crippen molar-refractivity contribution in [1.82, 2.24) is 20.2 Å². The molecule has 1 aromatic carbocycles. The number of nitrogens with zero attached hydrogens (tertiary/aromatic N) is 4. The third-order valence-corrected chi connectivity index (χ3v) is 5.81. The van der Waals surface area contributed by atoms with E-state index in [-0.39, 0.29) is 17.8 Å². The number of fused-ring (bicyclic) bond motifs is 1. The zero-order chi connectivity index (χ0) is 18.9. The molecular weight excluding hydrogens is 345 g/mol. The van der Waals surface area contributed by atoms with E-state index in [1.807, 2.05) is 12.1 Å². The summed E-state index contributed by atoms with van der Waals surface area (Å²) in [5, 5.41) is 2.86. The van der Waals surface area contributed by atoms with Gasteiger partial charge in [-0.25, -0.2) is 14.4 Å². The Bertz CT molecular complexity index is 817. The minimum Gasteiger partial charge on any atom is -0.359 e. The zero-order valence-corrected chi connectivity index (χ0v) is 15.4. The summed E-state index contributed by atoms with van der Waals surface area (Å²) in [7, 11) is 1.69. The van der Waals surface area contributed by atoms with Crippen molar-refractivity contribution in [3.63, 3.8) is 0 Å². The number of benzene rings is 1. The maximum Gasteiger partial charge on any atom is 0.229 e. The number of hydrogen-bond acceptors (Lipinski definition) is 5. The van der Waals surface area contributed by atoms with Gasteiger partial charge in [0.25, 0.3) is 0 Å². The Balaban J connectivity index is 1.65. The lowest BCUT2D eigenvalue weighted by molar-refractivity contribution is -0.131. The molecule has 2 atom stereocenters. The van der Waals surface area contributed by atoms with E-state index in [1.165, 1.54) is 6.07 Å². The van der Waals surface area contributed by atoms with Crippen LogP contribution >= 0.6 is 0 Å². The first-order chi connectivity index (χ1) is 13.1. The van der Waals surface area contributed by atoms with Crippen LogP contribution in [0, 0.1) is 11.2 Å². The van der Waals surface area contributed by atoms with Crippen LogP contribution < -0.4 is 10.2 Å². The zero-order valence-electron chi connectivity index (χ0n) is 15.4. The van der Waals surface area contributed by atoms with Gasteiger partial charge in [-0.05, 0) is 25.0 Å². The fourth-order valence-corrected chi connectivity index (χ4v) is 4.60. The van der Waals surface area contributed by atoms with E-state index in [0.717, 1.165) is 19.4 Å². The fraction of sp³-hybridized carbons (Fsp3) is 0.450. The third kappa shape index (κ3) is 3.16. The summed E-state index contributed by atoms with van der Waals surface area (Å²) in [5.41, 5.74) is 0.128. The molecule has 4 rings (SSSR count). The van der Waals surface area contributed by atoms with Crippen LogP contribution in [0.15, 0.2) is 42.7 Å². The van der Waals surface area contributed by atoms with Crippen molar-refractivity contribution in [3.8, 4) is 0 Å². The minimum atomic E-state index is -0.530. The molecule has 0 aliphatic carbocycles. The number of amides is 1. The van der Waals surface area contributed by atoms with Crippen LogP contribution in [0.4, 0.5) is 10.3 Å². The molecule has 2 aliphatic rings. The number of rotatable bonds is 4. The number of hydrogen-bond donors (Lipinski definition) is 1. The summed E-state index contributed by atoms with van der Waals surface area (Å²) < 4.78 is 14.1. The predicted octanol–water partition coefficient (Wildman–Crippen LogP) is 1.83. The molecule has 142 valence electrons. The van der Waals surface area contributed by atoms with Gasteiger partial charge < -0.3 is 10.2 Å². The standard InChI is InChI=1S/C20H24FN5O/c1-22-18(27)20-8-4-11-26(19-23-9-5-10-24-19)17(20)13-25(14-20)12-15-6-2-3-7-16(15)21/h2-3,5-7,9-10,17H,4,8,11-14H2,1H3,(H,22,27)/t17-,20-/m1/s1. The topological polar surface area (TPSA) is 61.4 Å². The van der Waals surface area contributed by atoms with Crippen molar-refractivity contribution >= 4 is 11.9 Å². The smallest absolute Gasteiger partial charge is 0.229 e. The van der Waals surface area contributed by atoms with E-state index < -0.39 is 5.41 Å². The summed E-state index contributed by atoms with van der Waals surface area (Å²) in [6.07, 6.45) is 5.17. The molecule has 2 fully saturated rings. The van der Waals surface area contributed by atoms with E-state index in [4.69, 9.17) is 0 Å². The number of carbonyl (C=O) groups excluding carboxylic acids is 1. The number of aromatic nitrogens is 2. The highest BCUT2D eigenvalue weighted by Gasteiger charge is 2.56. The monoisotopic (exact) mass is 369 g/mol. The summed E-state index contributed by atoms with van der Waals surface area (Å²) in [4.78, 5) is 26.1. The number of carbonyl (C=O) groups is 1. The Labute approximate surface area is 158 Å². The molecule has 0 unspecified atom stereocenters. The molecule has 7 heteroatoms. The first kappa shape index (κ1) is 17.9. The molecule has 6 nitrogen and oxygen atoms in total. The summed E-state index contributed by atoms with van der Waals surface area (Å²) in [6.45, 7) is 2.60. The highest BCUT2D eigenvalue weighted by Crippen LogP contribution is 2.43. The highest BCUT2D eigenvalue weighted by atomic mass is 19.1. The van der Waals surface area contributed by atoms with Gasteiger partial charge >= 0.3 is 0 Å². The van der Waals surface area contributed by atoms with Gasteiger partial charge in [0.2, 0.25) is 11.9 Å². The van der Waals surface area contributed by atoms with E-state index in [0.29, 0.717) is 31.1 Å². The summed E-state index contributed by atoms with van der Waals surface area (Å²) in [6, 6.07) is 8.60. The minimum absolute atomic E-state index is 0.0274. The quantitative estimate of drug-likeness (QED) is 0.891.